The predicted molar refractivity (Wildman–Crippen MR) is 204 cm³/mol. The summed E-state index contributed by atoms with van der Waals surface area (Å²) in [6.07, 6.45) is 19.5. The van der Waals surface area contributed by atoms with Gasteiger partial charge in [-0.25, -0.2) is 0 Å². The number of hydrogen-bond acceptors (Lipinski definition) is 1. The number of rotatable bonds is 15. The van der Waals surface area contributed by atoms with E-state index in [1.54, 1.807) is 27.5 Å². The molecule has 2 aromatic rings. The normalized spacial score (nSPS) is 19.6. The third-order valence-electron chi connectivity index (χ3n) is 11.5. The van der Waals surface area contributed by atoms with Crippen molar-refractivity contribution in [2.45, 2.75) is 137 Å². The van der Waals surface area contributed by atoms with E-state index in [2.05, 4.69) is 111 Å². The molecule has 0 saturated heterocycles. The molecule has 1 atom stereocenters. The van der Waals surface area contributed by atoms with Crippen LogP contribution in [0.25, 0.3) is 11.6 Å². The molecule has 5 rings (SSSR count). The summed E-state index contributed by atoms with van der Waals surface area (Å²) < 4.78 is 6.89. The van der Waals surface area contributed by atoms with Crippen LogP contribution in [-0.2, 0) is 12.8 Å². The van der Waals surface area contributed by atoms with Crippen molar-refractivity contribution in [3.63, 3.8) is 0 Å². The minimum atomic E-state index is -2.27. The molecule has 0 amide bonds. The number of unbranched alkanes of at least 4 members (excludes halogenated alkanes) is 4. The van der Waals surface area contributed by atoms with E-state index < -0.39 is 8.07 Å². The lowest BCUT2D eigenvalue weighted by molar-refractivity contribution is 0.361. The molecule has 3 aliphatic rings. The molecule has 0 aromatic heterocycles. The van der Waals surface area contributed by atoms with Crippen molar-refractivity contribution in [3.8, 4) is 5.75 Å². The number of allylic oxidation sites excluding steroid dienone is 4. The minimum absolute atomic E-state index is 0.00541. The predicted octanol–water partition coefficient (Wildman–Crippen LogP) is 10.5. The highest BCUT2D eigenvalue weighted by atomic mass is 28.3. The average Bonchev–Trinajstić information content (AvgIpc) is 3.37. The molecule has 46 heavy (non-hydrogen) atoms. The summed E-state index contributed by atoms with van der Waals surface area (Å²) in [5.41, 5.74) is 10.3. The van der Waals surface area contributed by atoms with Gasteiger partial charge >= 0.3 is 0 Å². The first-order valence-electron chi connectivity index (χ1n) is 18.8. The van der Waals surface area contributed by atoms with Crippen LogP contribution in [0.15, 0.2) is 71.8 Å². The number of aryl methyl sites for hydroxylation is 2. The largest absolute Gasteiger partial charge is 0.489 e. The minimum Gasteiger partial charge on any atom is -0.489 e. The maximum absolute atomic E-state index is 6.89. The molecule has 0 bridgehead atoms. The van der Waals surface area contributed by atoms with Crippen molar-refractivity contribution in [2.24, 2.45) is 10.8 Å². The molecule has 0 heterocycles. The maximum Gasteiger partial charge on any atom is 0.122 e. The lowest BCUT2D eigenvalue weighted by Crippen LogP contribution is -2.53. The van der Waals surface area contributed by atoms with Gasteiger partial charge in [0.25, 0.3) is 0 Å². The fraction of sp³-hybridized carbons (Fsp3) is 0.545. The van der Waals surface area contributed by atoms with E-state index in [4.69, 9.17) is 4.74 Å². The monoisotopic (exact) mass is 634 g/mol. The molecule has 2 aromatic carbocycles. The first-order valence-corrected chi connectivity index (χ1v) is 21.3. The topological polar surface area (TPSA) is 9.23 Å². The van der Waals surface area contributed by atoms with Crippen LogP contribution < -0.4 is 20.4 Å². The highest BCUT2D eigenvalue weighted by Crippen LogP contribution is 2.62. The van der Waals surface area contributed by atoms with Crippen LogP contribution in [0.5, 0.6) is 5.75 Å². The van der Waals surface area contributed by atoms with Crippen molar-refractivity contribution in [2.75, 3.05) is 6.61 Å². The second-order valence-electron chi connectivity index (χ2n) is 15.8. The zero-order valence-electron chi connectivity index (χ0n) is 30.6. The van der Waals surface area contributed by atoms with Gasteiger partial charge in [0, 0.05) is 11.0 Å². The molecule has 0 spiro atoms. The standard InChI is InChI=1S/C44H62OSi/c1-10-15-17-21-32-28-33(22-18-16-11-2)41(45-27-12-3)38(29-32)46(13-4,14-5)42-37-31-43(6,7)26-25-36(37)40-39(42)35-24-20-19-23-34(35)30-44(40,8)9/h12,19-20,23-24,28-31,42H,3,10-11,13-18,21-22,25-27H2,1-2,4-9H3. The smallest absolute Gasteiger partial charge is 0.122 e. The SMILES string of the molecule is C=CCOc1c(CCCCC)cc(CCCCC)cc1[Si](CC)(CC)C1C2=CC(C)(C)CCC2=C2C1=c1ccccc1=CC2(C)C. The van der Waals surface area contributed by atoms with Gasteiger partial charge in [0.2, 0.25) is 0 Å². The van der Waals surface area contributed by atoms with Crippen molar-refractivity contribution in [1.29, 1.82) is 0 Å². The Balaban J connectivity index is 1.86. The van der Waals surface area contributed by atoms with Gasteiger partial charge in [-0.15, -0.1) is 0 Å². The second-order valence-corrected chi connectivity index (χ2v) is 20.6. The Kier molecular flexibility index (Phi) is 10.8. The van der Waals surface area contributed by atoms with Crippen molar-refractivity contribution in [1.82, 2.24) is 0 Å². The molecule has 2 heteroatoms. The molecular weight excluding hydrogens is 573 g/mol. The Bertz CT molecular complexity index is 1610. The molecule has 0 N–H and O–H groups in total. The molecule has 3 aliphatic carbocycles. The van der Waals surface area contributed by atoms with Gasteiger partial charge < -0.3 is 4.74 Å². The van der Waals surface area contributed by atoms with E-state index in [0.717, 1.165) is 12.8 Å². The summed E-state index contributed by atoms with van der Waals surface area (Å²) in [5, 5.41) is 4.49. The number of fused-ring (bicyclic) bond motifs is 3. The Hall–Kier alpha value is -2.58. The van der Waals surface area contributed by atoms with Gasteiger partial charge in [-0.1, -0.05) is 154 Å². The first-order chi connectivity index (χ1) is 22.1. The quantitative estimate of drug-likeness (QED) is 0.108. The maximum atomic E-state index is 6.89. The van der Waals surface area contributed by atoms with Crippen LogP contribution in [0.4, 0.5) is 0 Å². The highest BCUT2D eigenvalue weighted by Gasteiger charge is 2.54. The molecule has 1 unspecified atom stereocenters. The number of benzene rings is 2. The van der Waals surface area contributed by atoms with Crippen LogP contribution >= 0.6 is 0 Å². The molecule has 0 radical (unpaired) electrons. The van der Waals surface area contributed by atoms with E-state index in [-0.39, 0.29) is 10.8 Å². The zero-order chi connectivity index (χ0) is 33.1. The fourth-order valence-electron chi connectivity index (χ4n) is 9.20. The lowest BCUT2D eigenvalue weighted by atomic mass is 9.73. The Morgan fingerprint density at radius 3 is 2.26 bits per heavy atom. The Labute approximate surface area is 282 Å². The molecular formula is C44H62OSi. The zero-order valence-corrected chi connectivity index (χ0v) is 31.6. The van der Waals surface area contributed by atoms with Crippen molar-refractivity contribution >= 4 is 24.9 Å². The van der Waals surface area contributed by atoms with Gasteiger partial charge in [-0.2, -0.15) is 0 Å². The molecule has 0 fully saturated rings. The van der Waals surface area contributed by atoms with E-state index in [1.165, 1.54) is 90.8 Å². The summed E-state index contributed by atoms with van der Waals surface area (Å²) in [5.74, 6) is 1.21. The second kappa shape index (κ2) is 14.3. The van der Waals surface area contributed by atoms with E-state index in [0.29, 0.717) is 12.1 Å². The van der Waals surface area contributed by atoms with E-state index >= 15 is 0 Å². The number of ether oxygens (including phenoxy) is 1. The van der Waals surface area contributed by atoms with Gasteiger partial charge in [0.05, 0.1) is 0 Å². The Morgan fingerprint density at radius 1 is 0.891 bits per heavy atom. The van der Waals surface area contributed by atoms with Gasteiger partial charge in [-0.05, 0) is 93.0 Å². The van der Waals surface area contributed by atoms with Crippen LogP contribution in [0.2, 0.25) is 17.6 Å². The summed E-state index contributed by atoms with van der Waals surface area (Å²) >= 11 is 0. The van der Waals surface area contributed by atoms with E-state index in [1.807, 2.05) is 6.08 Å². The van der Waals surface area contributed by atoms with Crippen LogP contribution in [-0.4, -0.2) is 14.7 Å². The van der Waals surface area contributed by atoms with Crippen molar-refractivity contribution < 1.29 is 4.74 Å². The third-order valence-corrected chi connectivity index (χ3v) is 17.2. The summed E-state index contributed by atoms with van der Waals surface area (Å²) in [6.45, 7) is 24.2. The molecule has 1 nitrogen and oxygen atoms in total. The molecule has 248 valence electrons. The van der Waals surface area contributed by atoms with Gasteiger partial charge in [-0.3, -0.25) is 0 Å². The van der Waals surface area contributed by atoms with Crippen LogP contribution in [0, 0.1) is 10.8 Å². The van der Waals surface area contributed by atoms with Crippen LogP contribution in [0.3, 0.4) is 0 Å². The van der Waals surface area contributed by atoms with E-state index in [9.17, 15) is 0 Å². The summed E-state index contributed by atoms with van der Waals surface area (Å²) in [7, 11) is -2.27. The lowest BCUT2D eigenvalue weighted by Gasteiger charge is -2.42. The van der Waals surface area contributed by atoms with Gasteiger partial charge in [0.1, 0.15) is 20.4 Å². The summed E-state index contributed by atoms with van der Waals surface area (Å²) in [4.78, 5) is 0. The van der Waals surface area contributed by atoms with Crippen molar-refractivity contribution in [3.05, 3.63) is 93.4 Å². The summed E-state index contributed by atoms with van der Waals surface area (Å²) in [6, 6.07) is 16.9. The first kappa shape index (κ1) is 34.7. The molecule has 0 aliphatic heterocycles. The van der Waals surface area contributed by atoms with Crippen LogP contribution in [0.1, 0.15) is 118 Å². The average molecular weight is 635 g/mol. The fourth-order valence-corrected chi connectivity index (χ4v) is 14.4. The third kappa shape index (κ3) is 6.45. The highest BCUT2D eigenvalue weighted by molar-refractivity contribution is 6.95. The molecule has 0 saturated carbocycles. The van der Waals surface area contributed by atoms with Gasteiger partial charge in [0.15, 0.2) is 0 Å². The Morgan fingerprint density at radius 2 is 1.59 bits per heavy atom. The number of hydrogen-bond donors (Lipinski definition) is 0.